The maximum atomic E-state index is 13.7. The lowest BCUT2D eigenvalue weighted by Gasteiger charge is -2.23. The predicted molar refractivity (Wildman–Crippen MR) is 86.5 cm³/mol. The van der Waals surface area contributed by atoms with Crippen LogP contribution in [-0.4, -0.2) is 18.9 Å². The summed E-state index contributed by atoms with van der Waals surface area (Å²) in [6, 6.07) is 10.4. The van der Waals surface area contributed by atoms with Crippen LogP contribution in [-0.2, 0) is 9.59 Å². The van der Waals surface area contributed by atoms with Crippen LogP contribution >= 0.6 is 0 Å². The molecule has 1 N–H and O–H groups in total. The molecule has 0 unspecified atom stereocenters. The van der Waals surface area contributed by atoms with Gasteiger partial charge in [-0.05, 0) is 37.1 Å². The standard InChI is InChI=1S/C18H15F3N2O2/c1-23(11-5-3-2-4-6-11)17(25)18(9-10-18)16(24)22-13-8-7-12(19)14(20)15(13)21/h2-8H,9-10H2,1H3,(H,22,24). The lowest BCUT2D eigenvalue weighted by molar-refractivity contribution is -0.132. The zero-order valence-corrected chi connectivity index (χ0v) is 13.4. The van der Waals surface area contributed by atoms with Crippen molar-refractivity contribution in [2.75, 3.05) is 17.3 Å². The SMILES string of the molecule is CN(C(=O)C1(C(=O)Nc2ccc(F)c(F)c2F)CC1)c1ccccc1. The summed E-state index contributed by atoms with van der Waals surface area (Å²) in [5.41, 5.74) is -1.20. The third-order valence-electron chi connectivity index (χ3n) is 4.33. The van der Waals surface area contributed by atoms with Gasteiger partial charge in [-0.1, -0.05) is 18.2 Å². The summed E-state index contributed by atoms with van der Waals surface area (Å²) in [6.45, 7) is 0. The second-order valence-electron chi connectivity index (χ2n) is 5.96. The molecule has 3 rings (SSSR count). The van der Waals surface area contributed by atoms with Gasteiger partial charge in [-0.2, -0.15) is 0 Å². The monoisotopic (exact) mass is 348 g/mol. The summed E-state index contributed by atoms with van der Waals surface area (Å²) in [6.07, 6.45) is 0.611. The van der Waals surface area contributed by atoms with Crippen LogP contribution in [0.3, 0.4) is 0 Å². The first-order chi connectivity index (χ1) is 11.9. The number of nitrogens with zero attached hydrogens (tertiary/aromatic N) is 1. The van der Waals surface area contributed by atoms with Gasteiger partial charge in [0.15, 0.2) is 17.5 Å². The van der Waals surface area contributed by atoms with Crippen molar-refractivity contribution in [2.45, 2.75) is 12.8 Å². The predicted octanol–water partition coefficient (Wildman–Crippen LogP) is 3.49. The van der Waals surface area contributed by atoms with E-state index in [2.05, 4.69) is 5.32 Å². The van der Waals surface area contributed by atoms with E-state index in [4.69, 9.17) is 0 Å². The van der Waals surface area contributed by atoms with E-state index in [0.29, 0.717) is 24.6 Å². The highest BCUT2D eigenvalue weighted by Crippen LogP contribution is 2.48. The number of carbonyl (C=O) groups excluding carboxylic acids is 2. The molecule has 0 spiro atoms. The highest BCUT2D eigenvalue weighted by molar-refractivity contribution is 6.17. The number of hydrogen-bond acceptors (Lipinski definition) is 2. The van der Waals surface area contributed by atoms with E-state index in [1.165, 1.54) is 4.90 Å². The number of carbonyl (C=O) groups is 2. The van der Waals surface area contributed by atoms with Crippen LogP contribution < -0.4 is 10.2 Å². The van der Waals surface area contributed by atoms with E-state index in [-0.39, 0.29) is 0 Å². The Kier molecular flexibility index (Phi) is 4.24. The van der Waals surface area contributed by atoms with Crippen molar-refractivity contribution in [2.24, 2.45) is 5.41 Å². The topological polar surface area (TPSA) is 49.4 Å². The third-order valence-corrected chi connectivity index (χ3v) is 4.33. The Hall–Kier alpha value is -2.83. The molecule has 0 heterocycles. The number of halogens is 3. The first-order valence-electron chi connectivity index (χ1n) is 7.65. The lowest BCUT2D eigenvalue weighted by atomic mass is 10.0. The van der Waals surface area contributed by atoms with Crippen molar-refractivity contribution in [1.29, 1.82) is 0 Å². The Labute approximate surface area is 142 Å². The Morgan fingerprint density at radius 2 is 1.64 bits per heavy atom. The normalized spacial score (nSPS) is 14.7. The van der Waals surface area contributed by atoms with E-state index < -0.39 is 40.4 Å². The van der Waals surface area contributed by atoms with E-state index >= 15 is 0 Å². The minimum Gasteiger partial charge on any atom is -0.323 e. The number of amides is 2. The van der Waals surface area contributed by atoms with Crippen molar-refractivity contribution < 1.29 is 22.8 Å². The average Bonchev–Trinajstić information content (AvgIpc) is 3.43. The van der Waals surface area contributed by atoms with Crippen LogP contribution in [0.25, 0.3) is 0 Å². The van der Waals surface area contributed by atoms with Gasteiger partial charge in [0.25, 0.3) is 0 Å². The maximum absolute atomic E-state index is 13.7. The molecule has 0 bridgehead atoms. The number of rotatable bonds is 4. The first-order valence-corrected chi connectivity index (χ1v) is 7.65. The van der Waals surface area contributed by atoms with Crippen LogP contribution in [0.2, 0.25) is 0 Å². The molecule has 1 aliphatic rings. The third kappa shape index (κ3) is 2.97. The molecular weight excluding hydrogens is 333 g/mol. The highest BCUT2D eigenvalue weighted by Gasteiger charge is 2.58. The molecule has 0 radical (unpaired) electrons. The van der Waals surface area contributed by atoms with Crippen LogP contribution in [0.15, 0.2) is 42.5 Å². The smallest absolute Gasteiger partial charge is 0.242 e. The number of nitrogens with one attached hydrogen (secondary N) is 1. The Balaban J connectivity index is 1.80. The molecule has 1 aliphatic carbocycles. The molecular formula is C18H15F3N2O2. The molecule has 2 aromatic rings. The Morgan fingerprint density at radius 3 is 2.24 bits per heavy atom. The van der Waals surface area contributed by atoms with E-state index in [1.807, 2.05) is 0 Å². The van der Waals surface area contributed by atoms with Gasteiger partial charge < -0.3 is 10.2 Å². The van der Waals surface area contributed by atoms with Crippen LogP contribution in [0.5, 0.6) is 0 Å². The number of anilines is 2. The molecule has 2 amide bonds. The van der Waals surface area contributed by atoms with Gasteiger partial charge in [0.1, 0.15) is 5.41 Å². The Morgan fingerprint density at radius 1 is 1.00 bits per heavy atom. The summed E-state index contributed by atoms with van der Waals surface area (Å²) >= 11 is 0. The summed E-state index contributed by atoms with van der Waals surface area (Å²) in [4.78, 5) is 26.5. The van der Waals surface area contributed by atoms with Crippen molar-refractivity contribution in [3.63, 3.8) is 0 Å². The van der Waals surface area contributed by atoms with E-state index in [1.54, 1.807) is 37.4 Å². The lowest BCUT2D eigenvalue weighted by Crippen LogP contribution is -2.41. The van der Waals surface area contributed by atoms with Gasteiger partial charge in [-0.15, -0.1) is 0 Å². The van der Waals surface area contributed by atoms with Crippen LogP contribution in [0.4, 0.5) is 24.5 Å². The molecule has 25 heavy (non-hydrogen) atoms. The van der Waals surface area contributed by atoms with Gasteiger partial charge in [0, 0.05) is 12.7 Å². The molecule has 1 fully saturated rings. The van der Waals surface area contributed by atoms with Crippen molar-refractivity contribution >= 4 is 23.2 Å². The fraction of sp³-hybridized carbons (Fsp3) is 0.222. The molecule has 1 saturated carbocycles. The van der Waals surface area contributed by atoms with Gasteiger partial charge >= 0.3 is 0 Å². The minimum atomic E-state index is -1.67. The number of hydrogen-bond donors (Lipinski definition) is 1. The molecule has 4 nitrogen and oxygen atoms in total. The van der Waals surface area contributed by atoms with Gasteiger partial charge in [-0.3, -0.25) is 9.59 Å². The minimum absolute atomic E-state index is 0.306. The molecule has 0 aromatic heterocycles. The van der Waals surface area contributed by atoms with E-state index in [0.717, 1.165) is 6.07 Å². The molecule has 0 saturated heterocycles. The molecule has 2 aromatic carbocycles. The zero-order valence-electron chi connectivity index (χ0n) is 13.4. The van der Waals surface area contributed by atoms with Crippen molar-refractivity contribution in [3.05, 3.63) is 59.9 Å². The molecule has 130 valence electrons. The zero-order chi connectivity index (χ0) is 18.2. The summed E-state index contributed by atoms with van der Waals surface area (Å²) in [7, 11) is 1.54. The van der Waals surface area contributed by atoms with Gasteiger partial charge in [-0.25, -0.2) is 13.2 Å². The fourth-order valence-electron chi connectivity index (χ4n) is 2.62. The summed E-state index contributed by atoms with van der Waals surface area (Å²) in [5.74, 6) is -5.68. The largest absolute Gasteiger partial charge is 0.323 e. The number of benzene rings is 2. The maximum Gasteiger partial charge on any atom is 0.242 e. The first kappa shape index (κ1) is 17.0. The number of para-hydroxylation sites is 1. The van der Waals surface area contributed by atoms with E-state index in [9.17, 15) is 22.8 Å². The van der Waals surface area contributed by atoms with Gasteiger partial charge in [0.05, 0.1) is 5.69 Å². The fourth-order valence-corrected chi connectivity index (χ4v) is 2.62. The highest BCUT2D eigenvalue weighted by atomic mass is 19.2. The molecule has 0 aliphatic heterocycles. The molecule has 0 atom stereocenters. The van der Waals surface area contributed by atoms with Crippen LogP contribution in [0.1, 0.15) is 12.8 Å². The average molecular weight is 348 g/mol. The quantitative estimate of drug-likeness (QED) is 0.679. The summed E-state index contributed by atoms with van der Waals surface area (Å²) < 4.78 is 40.0. The van der Waals surface area contributed by atoms with Crippen molar-refractivity contribution in [1.82, 2.24) is 0 Å². The second-order valence-corrected chi connectivity index (χ2v) is 5.96. The second kappa shape index (κ2) is 6.23. The summed E-state index contributed by atoms with van der Waals surface area (Å²) in [5, 5.41) is 2.20. The Bertz CT molecular complexity index is 836. The van der Waals surface area contributed by atoms with Crippen molar-refractivity contribution in [3.8, 4) is 0 Å². The molecule has 7 heteroatoms. The van der Waals surface area contributed by atoms with Gasteiger partial charge in [0.2, 0.25) is 11.8 Å². The van der Waals surface area contributed by atoms with Crippen LogP contribution in [0, 0.1) is 22.9 Å².